The lowest BCUT2D eigenvalue weighted by Gasteiger charge is -2.07. The lowest BCUT2D eigenvalue weighted by Crippen LogP contribution is -2.20. The minimum atomic E-state index is -1.01. The molecular weight excluding hydrogens is 336 g/mol. The van der Waals surface area contributed by atoms with E-state index in [9.17, 15) is 9.59 Å². The van der Waals surface area contributed by atoms with Gasteiger partial charge in [-0.05, 0) is 18.6 Å². The number of aromatic nitrogens is 1. The molecule has 1 aromatic heterocycles. The van der Waals surface area contributed by atoms with E-state index in [1.165, 1.54) is 11.3 Å². The molecule has 7 heteroatoms. The summed E-state index contributed by atoms with van der Waals surface area (Å²) in [5.41, 5.74) is 1.37. The van der Waals surface area contributed by atoms with Crippen molar-refractivity contribution >= 4 is 34.7 Å². The summed E-state index contributed by atoms with van der Waals surface area (Å²) >= 11 is 7.20. The van der Waals surface area contributed by atoms with E-state index in [0.29, 0.717) is 15.6 Å². The first-order valence-corrected chi connectivity index (χ1v) is 8.00. The number of hydrogen-bond donors (Lipinski definition) is 0. The first kappa shape index (κ1) is 17.1. The van der Waals surface area contributed by atoms with Gasteiger partial charge in [0.05, 0.1) is 12.5 Å². The number of hydrogen-bond acceptors (Lipinski definition) is 6. The van der Waals surface area contributed by atoms with Gasteiger partial charge >= 0.3 is 5.97 Å². The van der Waals surface area contributed by atoms with Crippen molar-refractivity contribution < 1.29 is 14.3 Å². The average molecular weight is 349 g/mol. The Labute approximate surface area is 142 Å². The SMILES string of the molecule is Cc1csc([C@@H](C#N)C(=O)COC(=O)Cc2ccccc2Cl)n1. The van der Waals surface area contributed by atoms with Crippen LogP contribution in [-0.4, -0.2) is 23.3 Å². The first-order valence-electron chi connectivity index (χ1n) is 6.74. The highest BCUT2D eigenvalue weighted by Crippen LogP contribution is 2.21. The molecule has 1 atom stereocenters. The number of benzene rings is 1. The number of nitrogens with zero attached hydrogens (tertiary/aromatic N) is 2. The van der Waals surface area contributed by atoms with Crippen molar-refractivity contribution in [3.8, 4) is 6.07 Å². The number of nitriles is 1. The summed E-state index contributed by atoms with van der Waals surface area (Å²) in [4.78, 5) is 28.0. The average Bonchev–Trinajstić information content (AvgIpc) is 2.94. The van der Waals surface area contributed by atoms with E-state index in [4.69, 9.17) is 21.6 Å². The molecule has 0 N–H and O–H groups in total. The van der Waals surface area contributed by atoms with Crippen molar-refractivity contribution in [1.82, 2.24) is 4.98 Å². The molecule has 118 valence electrons. The van der Waals surface area contributed by atoms with Crippen LogP contribution >= 0.6 is 22.9 Å². The Kier molecular flexibility index (Phi) is 5.85. The smallest absolute Gasteiger partial charge is 0.310 e. The van der Waals surface area contributed by atoms with Crippen molar-refractivity contribution in [3.63, 3.8) is 0 Å². The lowest BCUT2D eigenvalue weighted by atomic mass is 10.1. The molecule has 1 aromatic carbocycles. The topological polar surface area (TPSA) is 80.0 Å². The number of carbonyl (C=O) groups excluding carboxylic acids is 2. The molecule has 0 aliphatic rings. The number of carbonyl (C=O) groups is 2. The van der Waals surface area contributed by atoms with Crippen molar-refractivity contribution in [2.24, 2.45) is 0 Å². The molecule has 1 heterocycles. The highest BCUT2D eigenvalue weighted by molar-refractivity contribution is 7.09. The first-order chi connectivity index (χ1) is 11.0. The Morgan fingerprint density at radius 2 is 2.17 bits per heavy atom. The number of ketones is 1. The lowest BCUT2D eigenvalue weighted by molar-refractivity contribution is -0.147. The zero-order valence-electron chi connectivity index (χ0n) is 12.3. The summed E-state index contributed by atoms with van der Waals surface area (Å²) in [5, 5.41) is 11.8. The molecular formula is C16H13ClN2O3S. The molecule has 0 unspecified atom stereocenters. The molecule has 2 aromatic rings. The highest BCUT2D eigenvalue weighted by Gasteiger charge is 2.24. The van der Waals surface area contributed by atoms with E-state index in [1.54, 1.807) is 36.6 Å². The maximum atomic E-state index is 12.0. The third-order valence-corrected chi connectivity index (χ3v) is 4.40. The van der Waals surface area contributed by atoms with Crippen LogP contribution in [0.2, 0.25) is 5.02 Å². The van der Waals surface area contributed by atoms with Crippen LogP contribution in [0.1, 0.15) is 22.2 Å². The van der Waals surface area contributed by atoms with Gasteiger partial charge in [0.2, 0.25) is 0 Å². The van der Waals surface area contributed by atoms with Gasteiger partial charge in [-0.2, -0.15) is 5.26 Å². The molecule has 0 saturated carbocycles. The van der Waals surface area contributed by atoms with Crippen molar-refractivity contribution in [1.29, 1.82) is 5.26 Å². The van der Waals surface area contributed by atoms with Gasteiger partial charge in [0.15, 0.2) is 18.3 Å². The molecule has 0 bridgehead atoms. The minimum absolute atomic E-state index is 0.0272. The maximum Gasteiger partial charge on any atom is 0.310 e. The van der Waals surface area contributed by atoms with Crippen LogP contribution in [0.3, 0.4) is 0 Å². The quantitative estimate of drug-likeness (QED) is 0.749. The number of aryl methyl sites for hydroxylation is 1. The monoisotopic (exact) mass is 348 g/mol. The third kappa shape index (κ3) is 4.62. The molecule has 0 radical (unpaired) electrons. The van der Waals surface area contributed by atoms with Gasteiger partial charge in [-0.15, -0.1) is 11.3 Å². The van der Waals surface area contributed by atoms with E-state index in [-0.39, 0.29) is 6.42 Å². The van der Waals surface area contributed by atoms with E-state index >= 15 is 0 Å². The van der Waals surface area contributed by atoms with Crippen LogP contribution in [-0.2, 0) is 20.7 Å². The van der Waals surface area contributed by atoms with Crippen LogP contribution in [0.5, 0.6) is 0 Å². The van der Waals surface area contributed by atoms with E-state index in [2.05, 4.69) is 4.98 Å². The van der Waals surface area contributed by atoms with Crippen LogP contribution in [0.4, 0.5) is 0 Å². The number of ether oxygens (including phenoxy) is 1. The van der Waals surface area contributed by atoms with E-state index < -0.39 is 24.3 Å². The summed E-state index contributed by atoms with van der Waals surface area (Å²) < 4.78 is 4.95. The van der Waals surface area contributed by atoms with Gasteiger partial charge in [0.1, 0.15) is 5.01 Å². The summed E-state index contributed by atoms with van der Waals surface area (Å²) in [5.74, 6) is -2.07. The van der Waals surface area contributed by atoms with Crippen molar-refractivity contribution in [3.05, 3.63) is 50.9 Å². The second-order valence-corrected chi connectivity index (χ2v) is 6.08. The normalized spacial score (nSPS) is 11.5. The van der Waals surface area contributed by atoms with Crippen molar-refractivity contribution in [2.75, 3.05) is 6.61 Å². The minimum Gasteiger partial charge on any atom is -0.457 e. The Morgan fingerprint density at radius 3 is 2.78 bits per heavy atom. The fraction of sp³-hybridized carbons (Fsp3) is 0.250. The predicted molar refractivity (Wildman–Crippen MR) is 86.3 cm³/mol. The number of Topliss-reactive ketones (excluding diaryl/α,β-unsaturated/α-hetero) is 1. The molecule has 0 fully saturated rings. The van der Waals surface area contributed by atoms with Crippen LogP contribution < -0.4 is 0 Å². The zero-order valence-corrected chi connectivity index (χ0v) is 13.9. The molecule has 0 aliphatic heterocycles. The Bertz CT molecular complexity index is 767. The number of thiazole rings is 1. The summed E-state index contributed by atoms with van der Waals surface area (Å²) in [6.07, 6.45) is -0.0272. The van der Waals surface area contributed by atoms with E-state index in [1.807, 2.05) is 6.07 Å². The summed E-state index contributed by atoms with van der Waals surface area (Å²) in [6, 6.07) is 8.80. The third-order valence-electron chi connectivity index (χ3n) is 3.00. The molecule has 2 rings (SSSR count). The van der Waals surface area contributed by atoms with Crippen LogP contribution in [0, 0.1) is 18.3 Å². The Hall–Kier alpha value is -2.23. The summed E-state index contributed by atoms with van der Waals surface area (Å²) in [7, 11) is 0. The largest absolute Gasteiger partial charge is 0.457 e. The van der Waals surface area contributed by atoms with Crippen LogP contribution in [0.15, 0.2) is 29.6 Å². The zero-order chi connectivity index (χ0) is 16.8. The molecule has 0 saturated heterocycles. The van der Waals surface area contributed by atoms with Gasteiger partial charge < -0.3 is 4.74 Å². The predicted octanol–water partition coefficient (Wildman–Crippen LogP) is 3.07. The fourth-order valence-electron chi connectivity index (χ4n) is 1.85. The molecule has 0 aliphatic carbocycles. The number of rotatable bonds is 6. The Balaban J connectivity index is 1.92. The van der Waals surface area contributed by atoms with Gasteiger partial charge in [0, 0.05) is 16.1 Å². The highest BCUT2D eigenvalue weighted by atomic mass is 35.5. The van der Waals surface area contributed by atoms with Gasteiger partial charge in [-0.1, -0.05) is 29.8 Å². The molecule has 23 heavy (non-hydrogen) atoms. The maximum absolute atomic E-state index is 12.0. The number of esters is 1. The van der Waals surface area contributed by atoms with Gasteiger partial charge in [0.25, 0.3) is 0 Å². The standard InChI is InChI=1S/C16H13ClN2O3S/c1-10-9-23-16(19-10)12(7-18)14(20)8-22-15(21)6-11-4-2-3-5-13(11)17/h2-5,9,12H,6,8H2,1H3/t12-/m0/s1. The fourth-order valence-corrected chi connectivity index (χ4v) is 2.92. The second kappa shape index (κ2) is 7.86. The second-order valence-electron chi connectivity index (χ2n) is 4.78. The van der Waals surface area contributed by atoms with E-state index in [0.717, 1.165) is 5.69 Å². The van der Waals surface area contributed by atoms with Gasteiger partial charge in [-0.3, -0.25) is 9.59 Å². The summed E-state index contributed by atoms with van der Waals surface area (Å²) in [6.45, 7) is 1.32. The Morgan fingerprint density at radius 1 is 1.43 bits per heavy atom. The van der Waals surface area contributed by atoms with Crippen molar-refractivity contribution in [2.45, 2.75) is 19.3 Å². The molecule has 5 nitrogen and oxygen atoms in total. The van der Waals surface area contributed by atoms with Gasteiger partial charge in [-0.25, -0.2) is 4.98 Å². The number of halogens is 1. The molecule has 0 amide bonds. The molecule has 0 spiro atoms. The van der Waals surface area contributed by atoms with Crippen LogP contribution in [0.25, 0.3) is 0 Å².